The molecule has 0 N–H and O–H groups in total. The van der Waals surface area contributed by atoms with Crippen molar-refractivity contribution in [3.63, 3.8) is 0 Å². The van der Waals surface area contributed by atoms with Gasteiger partial charge in [0.25, 0.3) is 0 Å². The van der Waals surface area contributed by atoms with Gasteiger partial charge in [0, 0.05) is 20.1 Å². The van der Waals surface area contributed by atoms with Crippen LogP contribution in [0.3, 0.4) is 0 Å². The van der Waals surface area contributed by atoms with Crippen molar-refractivity contribution in [1.82, 2.24) is 0 Å². The first-order valence-electron chi connectivity index (χ1n) is 0. The van der Waals surface area contributed by atoms with Crippen LogP contribution in [0.15, 0.2) is 0 Å². The summed E-state index contributed by atoms with van der Waals surface area (Å²) < 4.78 is 0. The Morgan fingerprint density at radius 3 is 0.444 bits per heavy atom. The maximum Gasteiger partial charge on any atom is 1.00 e. The Balaban J connectivity index is 0. The molecule has 0 unspecified atom stereocenters. The Labute approximate surface area is 154 Å². The van der Waals surface area contributed by atoms with Crippen molar-refractivity contribution >= 4 is 74.4 Å². The molecule has 0 atom stereocenters. The first kappa shape index (κ1) is 107. The summed E-state index contributed by atoms with van der Waals surface area (Å²) in [5.74, 6) is 0. The third-order valence-corrected chi connectivity index (χ3v) is 0. The molecule has 0 amide bonds. The van der Waals surface area contributed by atoms with Gasteiger partial charge in [0.05, 0.1) is 0 Å². The van der Waals surface area contributed by atoms with Crippen LogP contribution in [-0.4, -0.2) is 0 Å². The third-order valence-electron chi connectivity index (χ3n) is 0. The second kappa shape index (κ2) is 83.4. The van der Waals surface area contributed by atoms with Crippen LogP contribution in [0.5, 0.6) is 0 Å². The summed E-state index contributed by atoms with van der Waals surface area (Å²) in [5.41, 5.74) is 0. The fourth-order valence-corrected chi connectivity index (χ4v) is 0. The van der Waals surface area contributed by atoms with Crippen LogP contribution in [0.4, 0.5) is 0 Å². The number of halogens is 6. The molecule has 0 aromatic heterocycles. The van der Waals surface area contributed by atoms with Gasteiger partial charge in [-0.3, -0.25) is 0 Å². The van der Waals surface area contributed by atoms with Crippen molar-refractivity contribution in [1.29, 1.82) is 0 Å². The molecule has 1 radical (unpaired) electrons. The maximum absolute atomic E-state index is 0. The minimum Gasteiger partial charge on any atom is -1.00 e. The standard InChI is InChI=1S/6ClH.Ir.2Na.2H/h6*1H;;;;;/q;;;;;;;2*+1;2*-1. The summed E-state index contributed by atoms with van der Waals surface area (Å²) in [6, 6.07) is 0. The van der Waals surface area contributed by atoms with Crippen LogP contribution in [-0.2, 0) is 20.1 Å². The molecule has 0 saturated carbocycles. The van der Waals surface area contributed by atoms with E-state index in [1.807, 2.05) is 0 Å². The molecule has 0 aliphatic rings. The summed E-state index contributed by atoms with van der Waals surface area (Å²) >= 11 is 0. The van der Waals surface area contributed by atoms with E-state index in [9.17, 15) is 0 Å². The Morgan fingerprint density at radius 1 is 0.444 bits per heavy atom. The Bertz CT molecular complexity index is 18.5. The Kier molecular flexibility index (Phi) is 989. The molecular formula is H8Cl6IrNa2. The van der Waals surface area contributed by atoms with Gasteiger partial charge in [0.15, 0.2) is 0 Å². The minimum atomic E-state index is 0. The van der Waals surface area contributed by atoms with Crippen molar-refractivity contribution in [3.8, 4) is 0 Å². The van der Waals surface area contributed by atoms with E-state index in [0.717, 1.165) is 0 Å². The summed E-state index contributed by atoms with van der Waals surface area (Å²) in [5, 5.41) is 0. The van der Waals surface area contributed by atoms with E-state index in [4.69, 9.17) is 0 Å². The van der Waals surface area contributed by atoms with E-state index in [2.05, 4.69) is 0 Å². The number of rotatable bonds is 0. The van der Waals surface area contributed by atoms with Crippen molar-refractivity contribution in [2.24, 2.45) is 0 Å². The van der Waals surface area contributed by atoms with Crippen molar-refractivity contribution in [2.45, 2.75) is 0 Å². The van der Waals surface area contributed by atoms with Crippen LogP contribution in [0.1, 0.15) is 2.85 Å². The summed E-state index contributed by atoms with van der Waals surface area (Å²) in [7, 11) is 0. The molecule has 0 heterocycles. The van der Waals surface area contributed by atoms with Gasteiger partial charge in [-0.15, -0.1) is 74.4 Å². The van der Waals surface area contributed by atoms with Crippen LogP contribution < -0.4 is 59.1 Å². The van der Waals surface area contributed by atoms with Crippen LogP contribution in [0.2, 0.25) is 0 Å². The Hall–Kier alpha value is 4.39. The molecule has 9 heteroatoms. The van der Waals surface area contributed by atoms with E-state index in [0.29, 0.717) is 0 Å². The zero-order valence-corrected chi connectivity index (χ0v) is 16.1. The summed E-state index contributed by atoms with van der Waals surface area (Å²) in [4.78, 5) is 0. The smallest absolute Gasteiger partial charge is 1.00 e. The molecule has 0 nitrogen and oxygen atoms in total. The topological polar surface area (TPSA) is 0 Å². The van der Waals surface area contributed by atoms with Gasteiger partial charge in [-0.25, -0.2) is 0 Å². The van der Waals surface area contributed by atoms with E-state index in [1.54, 1.807) is 0 Å². The van der Waals surface area contributed by atoms with E-state index in [-0.39, 0.29) is 157 Å². The molecule has 0 aromatic carbocycles. The van der Waals surface area contributed by atoms with Crippen LogP contribution in [0.25, 0.3) is 0 Å². The molecule has 0 aliphatic carbocycles. The van der Waals surface area contributed by atoms with Crippen molar-refractivity contribution in [3.05, 3.63) is 0 Å². The zero-order chi connectivity index (χ0) is 0. The van der Waals surface area contributed by atoms with E-state index in [1.165, 1.54) is 0 Å². The number of hydrogen-bond acceptors (Lipinski definition) is 0. The molecular weight excluding hydrogens is 451 g/mol. The predicted octanol–water partition coefficient (Wildman–Crippen LogP) is -3.24. The first-order valence-corrected chi connectivity index (χ1v) is 0. The van der Waals surface area contributed by atoms with Gasteiger partial charge in [-0.1, -0.05) is 0 Å². The SMILES string of the molecule is Cl.Cl.Cl.Cl.Cl.Cl.[H-].[H-].[Ir].[Na+].[Na+]. The monoisotopic (exact) mass is 457 g/mol. The third kappa shape index (κ3) is 69.4. The molecule has 0 fully saturated rings. The molecule has 0 spiro atoms. The fraction of sp³-hybridized carbons (Fsp3) is 0. The average molecular weight is 459 g/mol. The summed E-state index contributed by atoms with van der Waals surface area (Å²) in [6.07, 6.45) is 0. The second-order valence-electron chi connectivity index (χ2n) is 0. The number of hydrogen-bond donors (Lipinski definition) is 0. The zero-order valence-electron chi connectivity index (χ0n) is 6.78. The quantitative estimate of drug-likeness (QED) is 0.335. The maximum atomic E-state index is 0. The van der Waals surface area contributed by atoms with E-state index < -0.39 is 0 Å². The molecule has 0 saturated heterocycles. The predicted molar refractivity (Wildman–Crippen MR) is 45.7 cm³/mol. The van der Waals surface area contributed by atoms with Crippen LogP contribution >= 0.6 is 74.4 Å². The fourth-order valence-electron chi connectivity index (χ4n) is 0. The Morgan fingerprint density at radius 2 is 0.444 bits per heavy atom. The molecule has 0 bridgehead atoms. The van der Waals surface area contributed by atoms with Gasteiger partial charge in [-0.05, 0) is 0 Å². The minimum absolute atomic E-state index is 0. The van der Waals surface area contributed by atoms with E-state index >= 15 is 0 Å². The van der Waals surface area contributed by atoms with Gasteiger partial charge < -0.3 is 2.85 Å². The average Bonchev–Trinajstić information content (AvgIpc) is 0. The summed E-state index contributed by atoms with van der Waals surface area (Å²) in [6.45, 7) is 0. The molecule has 0 rings (SSSR count). The molecule has 0 aliphatic heterocycles. The van der Waals surface area contributed by atoms with Gasteiger partial charge in [0.2, 0.25) is 0 Å². The van der Waals surface area contributed by atoms with Crippen LogP contribution in [0, 0.1) is 0 Å². The first-order chi connectivity index (χ1) is 0. The molecule has 0 aromatic rings. The van der Waals surface area contributed by atoms with Gasteiger partial charge in [0.1, 0.15) is 0 Å². The van der Waals surface area contributed by atoms with Gasteiger partial charge >= 0.3 is 59.1 Å². The van der Waals surface area contributed by atoms with Crippen molar-refractivity contribution in [2.75, 3.05) is 0 Å². The van der Waals surface area contributed by atoms with Crippen molar-refractivity contribution < 1.29 is 82.1 Å². The normalized spacial score (nSPS) is 0. The molecule has 61 valence electrons. The molecule has 9 heavy (non-hydrogen) atoms. The van der Waals surface area contributed by atoms with Gasteiger partial charge in [-0.2, -0.15) is 0 Å². The second-order valence-corrected chi connectivity index (χ2v) is 0. The largest absolute Gasteiger partial charge is 1.00 e.